The second-order valence-corrected chi connectivity index (χ2v) is 4.60. The molecule has 0 radical (unpaired) electrons. The molecule has 0 amide bonds. The van der Waals surface area contributed by atoms with Gasteiger partial charge in [0.2, 0.25) is 0 Å². The Balaban J connectivity index is 4.11. The van der Waals surface area contributed by atoms with E-state index in [4.69, 9.17) is 4.74 Å². The Labute approximate surface area is 110 Å². The van der Waals surface area contributed by atoms with E-state index in [9.17, 15) is 14.7 Å². The molecular formula is C14H26O4. The third kappa shape index (κ3) is 6.74. The number of aliphatic hydroxyl groups is 1. The average Bonchev–Trinajstić information content (AvgIpc) is 2.28. The number of hydrogen-bond donors (Lipinski definition) is 1. The Hall–Kier alpha value is -0.900. The van der Waals surface area contributed by atoms with Crippen molar-refractivity contribution in [3.63, 3.8) is 0 Å². The van der Waals surface area contributed by atoms with Gasteiger partial charge in [-0.1, -0.05) is 32.6 Å². The first kappa shape index (κ1) is 17.1. The van der Waals surface area contributed by atoms with Crippen LogP contribution in [0.4, 0.5) is 0 Å². The molecule has 4 nitrogen and oxygen atoms in total. The third-order valence-corrected chi connectivity index (χ3v) is 2.90. The Bertz CT molecular complexity index is 248. The topological polar surface area (TPSA) is 63.6 Å². The van der Waals surface area contributed by atoms with E-state index in [1.165, 1.54) is 13.3 Å². The largest absolute Gasteiger partial charge is 0.465 e. The van der Waals surface area contributed by atoms with Crippen LogP contribution in [0.25, 0.3) is 0 Å². The molecule has 0 aliphatic carbocycles. The van der Waals surface area contributed by atoms with Crippen LogP contribution < -0.4 is 0 Å². The number of unbranched alkanes of at least 4 members (excludes halogenated alkanes) is 4. The average molecular weight is 258 g/mol. The van der Waals surface area contributed by atoms with Gasteiger partial charge in [0.25, 0.3) is 0 Å². The highest BCUT2D eigenvalue weighted by atomic mass is 16.5. The van der Waals surface area contributed by atoms with E-state index in [-0.39, 0.29) is 12.4 Å². The minimum Gasteiger partial charge on any atom is -0.465 e. The highest BCUT2D eigenvalue weighted by molar-refractivity contribution is 5.99. The Kier molecular flexibility index (Phi) is 9.56. The summed E-state index contributed by atoms with van der Waals surface area (Å²) in [6.07, 6.45) is 4.59. The highest BCUT2D eigenvalue weighted by Crippen LogP contribution is 2.14. The van der Waals surface area contributed by atoms with Crippen LogP contribution in [0.1, 0.15) is 59.3 Å². The molecule has 0 aromatic carbocycles. The van der Waals surface area contributed by atoms with Crippen molar-refractivity contribution < 1.29 is 19.4 Å². The number of carbonyl (C=O) groups is 2. The summed E-state index contributed by atoms with van der Waals surface area (Å²) in [5.41, 5.74) is 0. The fourth-order valence-electron chi connectivity index (χ4n) is 1.89. The molecule has 106 valence electrons. The lowest BCUT2D eigenvalue weighted by Crippen LogP contribution is -2.34. The molecule has 2 unspecified atom stereocenters. The molecule has 0 aromatic rings. The summed E-state index contributed by atoms with van der Waals surface area (Å²) < 4.78 is 4.81. The molecule has 18 heavy (non-hydrogen) atoms. The predicted molar refractivity (Wildman–Crippen MR) is 70.2 cm³/mol. The SMILES string of the molecule is CCCCCCCC(=O)C(C(=O)OCC)C(C)O. The lowest BCUT2D eigenvalue weighted by molar-refractivity contribution is -0.155. The molecule has 4 heteroatoms. The molecule has 1 N–H and O–H groups in total. The lowest BCUT2D eigenvalue weighted by atomic mass is 9.94. The van der Waals surface area contributed by atoms with Gasteiger partial charge in [0, 0.05) is 6.42 Å². The van der Waals surface area contributed by atoms with Gasteiger partial charge in [0.1, 0.15) is 11.7 Å². The van der Waals surface area contributed by atoms with E-state index in [0.717, 1.165) is 25.7 Å². The van der Waals surface area contributed by atoms with Gasteiger partial charge in [0.05, 0.1) is 12.7 Å². The van der Waals surface area contributed by atoms with E-state index in [1.807, 2.05) is 0 Å². The van der Waals surface area contributed by atoms with E-state index in [1.54, 1.807) is 6.92 Å². The van der Waals surface area contributed by atoms with Gasteiger partial charge in [-0.15, -0.1) is 0 Å². The fourth-order valence-corrected chi connectivity index (χ4v) is 1.89. The summed E-state index contributed by atoms with van der Waals surface area (Å²) in [6, 6.07) is 0. The molecule has 0 saturated heterocycles. The molecule has 0 bridgehead atoms. The minimum absolute atomic E-state index is 0.208. The Morgan fingerprint density at radius 3 is 2.22 bits per heavy atom. The van der Waals surface area contributed by atoms with Crippen molar-refractivity contribution in [3.05, 3.63) is 0 Å². The molecule has 0 aromatic heterocycles. The summed E-state index contributed by atoms with van der Waals surface area (Å²) >= 11 is 0. The summed E-state index contributed by atoms with van der Waals surface area (Å²) in [6.45, 7) is 5.50. The molecule has 0 rings (SSSR count). The molecule has 0 heterocycles. The zero-order chi connectivity index (χ0) is 14.0. The normalized spacial score (nSPS) is 14.0. The van der Waals surface area contributed by atoms with Crippen LogP contribution in [-0.4, -0.2) is 29.6 Å². The Morgan fingerprint density at radius 1 is 1.11 bits per heavy atom. The van der Waals surface area contributed by atoms with Gasteiger partial charge in [-0.3, -0.25) is 9.59 Å². The summed E-state index contributed by atoms with van der Waals surface area (Å²) in [7, 11) is 0. The number of rotatable bonds is 10. The molecule has 0 aliphatic heterocycles. The van der Waals surface area contributed by atoms with Crippen molar-refractivity contribution in [3.8, 4) is 0 Å². The zero-order valence-electron chi connectivity index (χ0n) is 11.8. The lowest BCUT2D eigenvalue weighted by Gasteiger charge is -2.16. The number of esters is 1. The first-order chi connectivity index (χ1) is 8.54. The van der Waals surface area contributed by atoms with Crippen LogP contribution in [0, 0.1) is 5.92 Å². The smallest absolute Gasteiger partial charge is 0.319 e. The zero-order valence-corrected chi connectivity index (χ0v) is 11.8. The molecule has 0 spiro atoms. The maximum absolute atomic E-state index is 11.9. The number of hydrogen-bond acceptors (Lipinski definition) is 4. The first-order valence-corrected chi connectivity index (χ1v) is 6.92. The van der Waals surface area contributed by atoms with Crippen LogP contribution in [0.5, 0.6) is 0 Å². The van der Waals surface area contributed by atoms with Crippen LogP contribution in [0.3, 0.4) is 0 Å². The van der Waals surface area contributed by atoms with Crippen molar-refractivity contribution in [2.24, 2.45) is 5.92 Å². The van der Waals surface area contributed by atoms with Crippen LogP contribution >= 0.6 is 0 Å². The molecule has 0 aliphatic rings. The van der Waals surface area contributed by atoms with Crippen molar-refractivity contribution in [1.82, 2.24) is 0 Å². The first-order valence-electron chi connectivity index (χ1n) is 6.92. The quantitative estimate of drug-likeness (QED) is 0.371. The van der Waals surface area contributed by atoms with Crippen LogP contribution in [-0.2, 0) is 14.3 Å². The van der Waals surface area contributed by atoms with Crippen molar-refractivity contribution in [2.75, 3.05) is 6.61 Å². The van der Waals surface area contributed by atoms with E-state index < -0.39 is 18.0 Å². The summed E-state index contributed by atoms with van der Waals surface area (Å²) in [4.78, 5) is 23.4. The predicted octanol–water partition coefficient (Wildman–Crippen LogP) is 2.48. The van der Waals surface area contributed by atoms with E-state index in [0.29, 0.717) is 6.42 Å². The minimum atomic E-state index is -1.02. The Morgan fingerprint density at radius 2 is 1.72 bits per heavy atom. The number of Topliss-reactive ketones (excluding diaryl/α,β-unsaturated/α-hetero) is 1. The van der Waals surface area contributed by atoms with Gasteiger partial charge in [-0.2, -0.15) is 0 Å². The number of ether oxygens (including phenoxy) is 1. The highest BCUT2D eigenvalue weighted by Gasteiger charge is 2.31. The fraction of sp³-hybridized carbons (Fsp3) is 0.857. The van der Waals surface area contributed by atoms with Crippen LogP contribution in [0.15, 0.2) is 0 Å². The van der Waals surface area contributed by atoms with Gasteiger partial charge in [-0.25, -0.2) is 0 Å². The van der Waals surface area contributed by atoms with Crippen molar-refractivity contribution in [1.29, 1.82) is 0 Å². The second kappa shape index (κ2) is 10.1. The molecular weight excluding hydrogens is 232 g/mol. The van der Waals surface area contributed by atoms with E-state index >= 15 is 0 Å². The third-order valence-electron chi connectivity index (χ3n) is 2.90. The maximum atomic E-state index is 11.9. The van der Waals surface area contributed by atoms with Gasteiger partial charge in [0.15, 0.2) is 0 Å². The van der Waals surface area contributed by atoms with Gasteiger partial charge < -0.3 is 9.84 Å². The van der Waals surface area contributed by atoms with Crippen LogP contribution in [0.2, 0.25) is 0 Å². The molecule has 0 saturated carbocycles. The van der Waals surface area contributed by atoms with Gasteiger partial charge in [-0.05, 0) is 20.3 Å². The monoisotopic (exact) mass is 258 g/mol. The molecule has 2 atom stereocenters. The maximum Gasteiger partial charge on any atom is 0.319 e. The number of carbonyl (C=O) groups excluding carboxylic acids is 2. The van der Waals surface area contributed by atoms with E-state index in [2.05, 4.69) is 6.92 Å². The number of aliphatic hydroxyl groups excluding tert-OH is 1. The standard InChI is InChI=1S/C14H26O4/c1-4-6-7-8-9-10-12(16)13(11(3)15)14(17)18-5-2/h11,13,15H,4-10H2,1-3H3. The van der Waals surface area contributed by atoms with Crippen molar-refractivity contribution >= 4 is 11.8 Å². The number of ketones is 1. The van der Waals surface area contributed by atoms with Crippen molar-refractivity contribution in [2.45, 2.75) is 65.4 Å². The summed E-state index contributed by atoms with van der Waals surface area (Å²) in [5, 5.41) is 9.50. The summed E-state index contributed by atoms with van der Waals surface area (Å²) in [5.74, 6) is -1.83. The molecule has 0 fully saturated rings. The second-order valence-electron chi connectivity index (χ2n) is 4.60. The van der Waals surface area contributed by atoms with Gasteiger partial charge >= 0.3 is 5.97 Å².